The summed E-state index contributed by atoms with van der Waals surface area (Å²) in [7, 11) is 0. The minimum Gasteiger partial charge on any atom is -0.466 e. The van der Waals surface area contributed by atoms with Crippen molar-refractivity contribution in [2.24, 2.45) is 0 Å². The van der Waals surface area contributed by atoms with Crippen molar-refractivity contribution in [2.75, 3.05) is 0 Å². The summed E-state index contributed by atoms with van der Waals surface area (Å²) in [5.41, 5.74) is 1.43. The highest BCUT2D eigenvalue weighted by molar-refractivity contribution is 6.68. The second-order valence-electron chi connectivity index (χ2n) is 4.70. The lowest BCUT2D eigenvalue weighted by Crippen LogP contribution is -2.47. The first kappa shape index (κ1) is 16.9. The minimum absolute atomic E-state index is 0.379. The standard InChI is InChI=1S/C16H14Cl3NO2/c1-11-6-5-7-12(10-11)14(21)20-15(16(17,18)19)22-13-8-3-2-4-9-13/h2-10,15H,1H3,(H,20,21)/t15-/m1/s1. The Morgan fingerprint density at radius 2 is 1.77 bits per heavy atom. The van der Waals surface area contributed by atoms with E-state index in [9.17, 15) is 4.79 Å². The van der Waals surface area contributed by atoms with Gasteiger partial charge in [-0.3, -0.25) is 4.79 Å². The van der Waals surface area contributed by atoms with Crippen molar-refractivity contribution >= 4 is 40.7 Å². The molecule has 0 spiro atoms. The van der Waals surface area contributed by atoms with Crippen molar-refractivity contribution in [1.82, 2.24) is 5.32 Å². The Hall–Kier alpha value is -1.42. The third-order valence-corrected chi connectivity index (χ3v) is 3.43. The molecule has 1 atom stereocenters. The molecule has 0 aliphatic rings. The molecular weight excluding hydrogens is 345 g/mol. The molecule has 0 heterocycles. The van der Waals surface area contributed by atoms with E-state index >= 15 is 0 Å². The second-order valence-corrected chi connectivity index (χ2v) is 7.06. The molecule has 2 aromatic carbocycles. The molecule has 6 heteroatoms. The maximum absolute atomic E-state index is 12.3. The van der Waals surface area contributed by atoms with Gasteiger partial charge < -0.3 is 10.1 Å². The molecular formula is C16H14Cl3NO2. The zero-order valence-electron chi connectivity index (χ0n) is 11.7. The van der Waals surface area contributed by atoms with Crippen molar-refractivity contribution in [3.05, 3.63) is 65.7 Å². The number of ether oxygens (including phenoxy) is 1. The van der Waals surface area contributed by atoms with Crippen LogP contribution in [0.5, 0.6) is 5.75 Å². The highest BCUT2D eigenvalue weighted by Crippen LogP contribution is 2.32. The molecule has 0 radical (unpaired) electrons. The van der Waals surface area contributed by atoms with E-state index in [2.05, 4.69) is 5.32 Å². The van der Waals surface area contributed by atoms with Gasteiger partial charge in [0.2, 0.25) is 10.0 Å². The van der Waals surface area contributed by atoms with E-state index in [0.717, 1.165) is 5.56 Å². The number of rotatable bonds is 4. The summed E-state index contributed by atoms with van der Waals surface area (Å²) in [6, 6.07) is 15.9. The lowest BCUT2D eigenvalue weighted by atomic mass is 10.1. The van der Waals surface area contributed by atoms with E-state index < -0.39 is 10.0 Å². The summed E-state index contributed by atoms with van der Waals surface area (Å²) in [5.74, 6) is 0.110. The summed E-state index contributed by atoms with van der Waals surface area (Å²) in [5, 5.41) is 2.59. The molecule has 0 aliphatic heterocycles. The van der Waals surface area contributed by atoms with Crippen molar-refractivity contribution in [3.8, 4) is 5.75 Å². The summed E-state index contributed by atoms with van der Waals surface area (Å²) in [6.45, 7) is 1.89. The third-order valence-electron chi connectivity index (χ3n) is 2.84. The number of carbonyl (C=O) groups is 1. The normalized spacial score (nSPS) is 12.5. The van der Waals surface area contributed by atoms with E-state index in [1.807, 2.05) is 19.1 Å². The first-order valence-electron chi connectivity index (χ1n) is 6.52. The molecule has 0 unspecified atom stereocenters. The molecule has 1 N–H and O–H groups in total. The van der Waals surface area contributed by atoms with Crippen LogP contribution in [0.4, 0.5) is 0 Å². The smallest absolute Gasteiger partial charge is 0.254 e. The molecule has 2 rings (SSSR count). The summed E-state index contributed by atoms with van der Waals surface area (Å²) in [4.78, 5) is 12.3. The lowest BCUT2D eigenvalue weighted by molar-refractivity contribution is 0.0833. The summed E-state index contributed by atoms with van der Waals surface area (Å²) >= 11 is 17.7. The zero-order valence-corrected chi connectivity index (χ0v) is 14.0. The van der Waals surface area contributed by atoms with Gasteiger partial charge in [-0.2, -0.15) is 0 Å². The van der Waals surface area contributed by atoms with E-state index in [4.69, 9.17) is 39.5 Å². The Balaban J connectivity index is 2.15. The number of benzene rings is 2. The van der Waals surface area contributed by atoms with E-state index in [-0.39, 0.29) is 5.91 Å². The zero-order chi connectivity index (χ0) is 16.2. The Morgan fingerprint density at radius 3 is 2.36 bits per heavy atom. The fourth-order valence-corrected chi connectivity index (χ4v) is 2.10. The highest BCUT2D eigenvalue weighted by Gasteiger charge is 2.36. The number of alkyl halides is 3. The van der Waals surface area contributed by atoms with Crippen LogP contribution >= 0.6 is 34.8 Å². The molecule has 116 valence electrons. The fraction of sp³-hybridized carbons (Fsp3) is 0.188. The molecule has 22 heavy (non-hydrogen) atoms. The molecule has 3 nitrogen and oxygen atoms in total. The average molecular weight is 359 g/mol. The third kappa shape index (κ3) is 4.80. The van der Waals surface area contributed by atoms with Gasteiger partial charge in [-0.1, -0.05) is 70.7 Å². The SMILES string of the molecule is Cc1cccc(C(=O)N[C@H](Oc2ccccc2)C(Cl)(Cl)Cl)c1. The summed E-state index contributed by atoms with van der Waals surface area (Å²) < 4.78 is 3.76. The molecule has 1 amide bonds. The average Bonchev–Trinajstić information content (AvgIpc) is 2.46. The van der Waals surface area contributed by atoms with Crippen molar-refractivity contribution in [1.29, 1.82) is 0 Å². The Bertz CT molecular complexity index is 641. The van der Waals surface area contributed by atoms with Gasteiger partial charge in [0.1, 0.15) is 5.75 Å². The minimum atomic E-state index is -1.81. The van der Waals surface area contributed by atoms with Crippen LogP contribution in [0, 0.1) is 6.92 Å². The Labute approximate surface area is 144 Å². The molecule has 2 aromatic rings. The molecule has 0 saturated heterocycles. The topological polar surface area (TPSA) is 38.3 Å². The van der Waals surface area contributed by atoms with Gasteiger partial charge in [0, 0.05) is 5.56 Å². The van der Waals surface area contributed by atoms with E-state index in [1.165, 1.54) is 0 Å². The van der Waals surface area contributed by atoms with Crippen LogP contribution < -0.4 is 10.1 Å². The van der Waals surface area contributed by atoms with Gasteiger partial charge in [0.15, 0.2) is 0 Å². The van der Waals surface area contributed by atoms with E-state index in [1.54, 1.807) is 42.5 Å². The van der Waals surface area contributed by atoms with Gasteiger partial charge >= 0.3 is 0 Å². The van der Waals surface area contributed by atoms with Gasteiger partial charge in [0.05, 0.1) is 0 Å². The van der Waals surface area contributed by atoms with Crippen LogP contribution in [0.3, 0.4) is 0 Å². The highest BCUT2D eigenvalue weighted by atomic mass is 35.6. The number of amides is 1. The number of para-hydroxylation sites is 1. The van der Waals surface area contributed by atoms with Gasteiger partial charge in [-0.15, -0.1) is 0 Å². The number of hydrogen-bond acceptors (Lipinski definition) is 2. The Kier molecular flexibility index (Phi) is 5.57. The van der Waals surface area contributed by atoms with Crippen LogP contribution in [0.15, 0.2) is 54.6 Å². The fourth-order valence-electron chi connectivity index (χ4n) is 1.80. The predicted molar refractivity (Wildman–Crippen MR) is 89.8 cm³/mol. The van der Waals surface area contributed by atoms with Gasteiger partial charge in [-0.25, -0.2) is 0 Å². The maximum Gasteiger partial charge on any atom is 0.254 e. The lowest BCUT2D eigenvalue weighted by Gasteiger charge is -2.26. The van der Waals surface area contributed by atoms with E-state index in [0.29, 0.717) is 11.3 Å². The van der Waals surface area contributed by atoms with Crippen LogP contribution in [0.25, 0.3) is 0 Å². The van der Waals surface area contributed by atoms with Crippen molar-refractivity contribution in [3.63, 3.8) is 0 Å². The van der Waals surface area contributed by atoms with Crippen LogP contribution in [0.1, 0.15) is 15.9 Å². The number of halogens is 3. The number of nitrogens with one attached hydrogen (secondary N) is 1. The maximum atomic E-state index is 12.3. The largest absolute Gasteiger partial charge is 0.466 e. The number of aryl methyl sites for hydroxylation is 1. The van der Waals surface area contributed by atoms with Crippen LogP contribution in [-0.4, -0.2) is 15.9 Å². The van der Waals surface area contributed by atoms with Gasteiger partial charge in [0.25, 0.3) is 5.91 Å². The summed E-state index contributed by atoms with van der Waals surface area (Å²) in [6.07, 6.45) is -1.12. The van der Waals surface area contributed by atoms with Gasteiger partial charge in [-0.05, 0) is 31.2 Å². The quantitative estimate of drug-likeness (QED) is 0.645. The Morgan fingerprint density at radius 1 is 1.09 bits per heavy atom. The molecule has 0 saturated carbocycles. The van der Waals surface area contributed by atoms with Crippen LogP contribution in [-0.2, 0) is 0 Å². The van der Waals surface area contributed by atoms with Crippen LogP contribution in [0.2, 0.25) is 0 Å². The second kappa shape index (κ2) is 7.23. The number of carbonyl (C=O) groups excluding carboxylic acids is 1. The molecule has 0 aliphatic carbocycles. The molecule has 0 aromatic heterocycles. The first-order valence-corrected chi connectivity index (χ1v) is 7.65. The molecule has 0 fully saturated rings. The molecule has 0 bridgehead atoms. The first-order chi connectivity index (χ1) is 10.4. The van der Waals surface area contributed by atoms with Crippen molar-refractivity contribution in [2.45, 2.75) is 16.9 Å². The predicted octanol–water partition coefficient (Wildman–Crippen LogP) is 4.50. The number of hydrogen-bond donors (Lipinski definition) is 1. The monoisotopic (exact) mass is 357 g/mol. The van der Waals surface area contributed by atoms with Crippen molar-refractivity contribution < 1.29 is 9.53 Å².